The number of pyridine rings is 1. The molecule has 0 aliphatic rings. The van der Waals surface area contributed by atoms with E-state index in [1.807, 2.05) is 30.3 Å². The van der Waals surface area contributed by atoms with E-state index in [2.05, 4.69) is 11.1 Å². The summed E-state index contributed by atoms with van der Waals surface area (Å²) < 4.78 is 3.00. The number of amides is 1. The van der Waals surface area contributed by atoms with Crippen LogP contribution in [0.1, 0.15) is 12.0 Å². The summed E-state index contributed by atoms with van der Waals surface area (Å²) in [7, 11) is 1.69. The van der Waals surface area contributed by atoms with E-state index in [-0.39, 0.29) is 24.6 Å². The number of fused-ring (bicyclic) bond motifs is 1. The first-order chi connectivity index (χ1) is 12.6. The summed E-state index contributed by atoms with van der Waals surface area (Å²) in [5.74, 6) is -0.206. The summed E-state index contributed by atoms with van der Waals surface area (Å²) in [6, 6.07) is 13.1. The van der Waals surface area contributed by atoms with Gasteiger partial charge in [0.05, 0.1) is 23.5 Å². The molecule has 132 valence electrons. The number of benzene rings is 1. The number of aryl methyl sites for hydroxylation is 1. The van der Waals surface area contributed by atoms with Crippen LogP contribution in [0.15, 0.2) is 53.6 Å². The van der Waals surface area contributed by atoms with Crippen molar-refractivity contribution in [2.75, 3.05) is 6.54 Å². The van der Waals surface area contributed by atoms with Crippen molar-refractivity contribution >= 4 is 16.9 Å². The summed E-state index contributed by atoms with van der Waals surface area (Å²) in [5.41, 5.74) is 2.14. The van der Waals surface area contributed by atoms with Crippen LogP contribution in [0, 0.1) is 11.3 Å². The molecule has 1 amide bonds. The molecule has 0 saturated carbocycles. The lowest BCUT2D eigenvalue weighted by atomic mass is 10.2. The minimum atomic E-state index is -0.235. The van der Waals surface area contributed by atoms with Crippen LogP contribution in [0.3, 0.4) is 0 Å². The smallest absolute Gasteiger partial charge is 0.329 e. The maximum Gasteiger partial charge on any atom is 0.329 e. The fourth-order valence-corrected chi connectivity index (χ4v) is 2.94. The largest absolute Gasteiger partial charge is 0.336 e. The number of carbonyl (C=O) groups excluding carboxylic acids is 1. The van der Waals surface area contributed by atoms with Gasteiger partial charge in [0.2, 0.25) is 5.91 Å². The predicted molar refractivity (Wildman–Crippen MR) is 97.1 cm³/mol. The number of hydrogen-bond acceptors (Lipinski definition) is 4. The molecule has 2 heterocycles. The highest BCUT2D eigenvalue weighted by atomic mass is 16.2. The second-order valence-corrected chi connectivity index (χ2v) is 6.00. The molecule has 0 spiro atoms. The van der Waals surface area contributed by atoms with Crippen LogP contribution in [-0.2, 0) is 24.9 Å². The van der Waals surface area contributed by atoms with Gasteiger partial charge in [0.1, 0.15) is 6.54 Å². The van der Waals surface area contributed by atoms with Crippen LogP contribution in [-0.4, -0.2) is 31.5 Å². The molecule has 0 unspecified atom stereocenters. The van der Waals surface area contributed by atoms with E-state index >= 15 is 0 Å². The van der Waals surface area contributed by atoms with Crippen molar-refractivity contribution in [3.8, 4) is 6.07 Å². The first-order valence-corrected chi connectivity index (χ1v) is 8.29. The second-order valence-electron chi connectivity index (χ2n) is 6.00. The zero-order valence-electron chi connectivity index (χ0n) is 14.5. The van der Waals surface area contributed by atoms with Gasteiger partial charge < -0.3 is 4.90 Å². The standard InChI is InChI=1S/C19H19N5O2/c1-22-16-7-2-3-8-17(16)24(19(22)26)14-18(25)23(11-5-9-20)13-15-6-4-10-21-12-15/h2-4,6-8,10,12H,5,11,13-14H2,1H3. The molecule has 2 aromatic heterocycles. The monoisotopic (exact) mass is 349 g/mol. The fourth-order valence-electron chi connectivity index (χ4n) is 2.94. The van der Waals surface area contributed by atoms with Gasteiger partial charge >= 0.3 is 5.69 Å². The van der Waals surface area contributed by atoms with Crippen molar-refractivity contribution < 1.29 is 4.79 Å². The number of nitriles is 1. The summed E-state index contributed by atoms with van der Waals surface area (Å²) in [6.45, 7) is 0.601. The Bertz CT molecular complexity index is 1010. The van der Waals surface area contributed by atoms with Gasteiger partial charge in [-0.05, 0) is 23.8 Å². The number of hydrogen-bond donors (Lipinski definition) is 0. The number of rotatable bonds is 6. The average molecular weight is 349 g/mol. The topological polar surface area (TPSA) is 83.9 Å². The Labute approximate surface area is 150 Å². The third kappa shape index (κ3) is 3.49. The Hall–Kier alpha value is -3.40. The van der Waals surface area contributed by atoms with Gasteiger partial charge in [-0.1, -0.05) is 18.2 Å². The maximum absolute atomic E-state index is 12.9. The van der Waals surface area contributed by atoms with Crippen LogP contribution in [0.2, 0.25) is 0 Å². The molecule has 0 aliphatic carbocycles. The number of nitrogens with zero attached hydrogens (tertiary/aromatic N) is 5. The van der Waals surface area contributed by atoms with E-state index in [4.69, 9.17) is 5.26 Å². The Morgan fingerprint density at radius 3 is 2.69 bits per heavy atom. The number of carbonyl (C=O) groups is 1. The zero-order valence-corrected chi connectivity index (χ0v) is 14.5. The minimum absolute atomic E-state index is 0.0636. The van der Waals surface area contributed by atoms with Crippen molar-refractivity contribution in [2.45, 2.75) is 19.5 Å². The molecule has 0 aliphatic heterocycles. The zero-order chi connectivity index (χ0) is 18.5. The molecule has 0 saturated heterocycles. The number of imidazole rings is 1. The van der Waals surface area contributed by atoms with Crippen LogP contribution < -0.4 is 5.69 Å². The number of para-hydroxylation sites is 2. The Morgan fingerprint density at radius 1 is 1.23 bits per heavy atom. The summed E-state index contributed by atoms with van der Waals surface area (Å²) >= 11 is 0. The lowest BCUT2D eigenvalue weighted by Gasteiger charge is -2.22. The number of aromatic nitrogens is 3. The normalized spacial score (nSPS) is 10.6. The Morgan fingerprint density at radius 2 is 2.00 bits per heavy atom. The highest BCUT2D eigenvalue weighted by molar-refractivity contribution is 5.81. The van der Waals surface area contributed by atoms with Gasteiger partial charge in [-0.15, -0.1) is 0 Å². The molecular weight excluding hydrogens is 330 g/mol. The van der Waals surface area contributed by atoms with Crippen LogP contribution in [0.4, 0.5) is 0 Å². The van der Waals surface area contributed by atoms with Crippen molar-refractivity contribution in [1.82, 2.24) is 19.0 Å². The average Bonchev–Trinajstić information content (AvgIpc) is 2.91. The first-order valence-electron chi connectivity index (χ1n) is 8.29. The van der Waals surface area contributed by atoms with E-state index in [1.54, 1.807) is 30.4 Å². The maximum atomic E-state index is 12.9. The van der Waals surface area contributed by atoms with Crippen molar-refractivity contribution in [3.05, 3.63) is 64.8 Å². The molecule has 1 aromatic carbocycles. The van der Waals surface area contributed by atoms with E-state index in [1.165, 1.54) is 9.13 Å². The van der Waals surface area contributed by atoms with E-state index in [9.17, 15) is 9.59 Å². The van der Waals surface area contributed by atoms with Gasteiger partial charge in [-0.2, -0.15) is 5.26 Å². The molecule has 26 heavy (non-hydrogen) atoms. The predicted octanol–water partition coefficient (Wildman–Crippen LogP) is 1.68. The minimum Gasteiger partial charge on any atom is -0.336 e. The summed E-state index contributed by atoms with van der Waals surface area (Å²) in [6.07, 6.45) is 3.59. The van der Waals surface area contributed by atoms with Gasteiger partial charge in [0.25, 0.3) is 0 Å². The van der Waals surface area contributed by atoms with Crippen molar-refractivity contribution in [2.24, 2.45) is 7.05 Å². The van der Waals surface area contributed by atoms with Crippen LogP contribution in [0.25, 0.3) is 11.0 Å². The van der Waals surface area contributed by atoms with Crippen LogP contribution >= 0.6 is 0 Å². The third-order valence-electron chi connectivity index (χ3n) is 4.29. The summed E-state index contributed by atoms with van der Waals surface area (Å²) in [4.78, 5) is 31.0. The highest BCUT2D eigenvalue weighted by Crippen LogP contribution is 2.12. The van der Waals surface area contributed by atoms with Crippen molar-refractivity contribution in [1.29, 1.82) is 5.26 Å². The Balaban J connectivity index is 1.87. The SMILES string of the molecule is Cn1c(=O)n(CC(=O)N(CCC#N)Cc2cccnc2)c2ccccc21. The molecule has 0 atom stereocenters. The lowest BCUT2D eigenvalue weighted by Crippen LogP contribution is -2.36. The lowest BCUT2D eigenvalue weighted by molar-refractivity contribution is -0.132. The molecule has 0 bridgehead atoms. The molecule has 7 heteroatoms. The Kier molecular flexibility index (Phi) is 5.13. The molecule has 0 N–H and O–H groups in total. The molecular formula is C19H19N5O2. The highest BCUT2D eigenvalue weighted by Gasteiger charge is 2.18. The van der Waals surface area contributed by atoms with Gasteiger partial charge in [0, 0.05) is 32.5 Å². The molecule has 0 fully saturated rings. The van der Waals surface area contributed by atoms with Crippen molar-refractivity contribution in [3.63, 3.8) is 0 Å². The second kappa shape index (κ2) is 7.66. The third-order valence-corrected chi connectivity index (χ3v) is 4.29. The molecule has 3 rings (SSSR count). The van der Waals surface area contributed by atoms with Gasteiger partial charge in [-0.25, -0.2) is 4.79 Å². The molecule has 0 radical (unpaired) electrons. The summed E-state index contributed by atoms with van der Waals surface area (Å²) in [5, 5.41) is 8.88. The quantitative estimate of drug-likeness (QED) is 0.678. The fraction of sp³-hybridized carbons (Fsp3) is 0.263. The molecule has 3 aromatic rings. The van der Waals surface area contributed by atoms with E-state index in [0.717, 1.165) is 16.6 Å². The van der Waals surface area contributed by atoms with E-state index in [0.29, 0.717) is 13.1 Å². The van der Waals surface area contributed by atoms with Crippen LogP contribution in [0.5, 0.6) is 0 Å². The first kappa shape index (κ1) is 17.4. The van der Waals surface area contributed by atoms with E-state index < -0.39 is 0 Å². The molecule has 7 nitrogen and oxygen atoms in total. The van der Waals surface area contributed by atoms with Gasteiger partial charge in [0.15, 0.2) is 0 Å². The van der Waals surface area contributed by atoms with Gasteiger partial charge in [-0.3, -0.25) is 18.9 Å².